The summed E-state index contributed by atoms with van der Waals surface area (Å²) in [5.41, 5.74) is 0.985. The minimum absolute atomic E-state index is 0.326. The Balaban J connectivity index is 2.80. The van der Waals surface area contributed by atoms with E-state index in [2.05, 4.69) is 27.5 Å². The van der Waals surface area contributed by atoms with Crippen molar-refractivity contribution in [3.8, 4) is 0 Å². The average molecular weight is 252 g/mol. The highest BCUT2D eigenvalue weighted by Crippen LogP contribution is 2.19. The number of aryl methyl sites for hydroxylation is 1. The molecule has 0 aromatic carbocycles. The Hall–Kier alpha value is -1.36. The maximum Gasteiger partial charge on any atom is 0.134 e. The maximum atomic E-state index is 9.73. The first-order valence-corrected chi connectivity index (χ1v) is 6.59. The second-order valence-corrected chi connectivity index (χ2v) is 4.39. The molecule has 0 saturated heterocycles. The van der Waals surface area contributed by atoms with E-state index in [0.717, 1.165) is 42.3 Å². The molecular formula is C13H24N4O. The predicted molar refractivity (Wildman–Crippen MR) is 75.1 cm³/mol. The fraction of sp³-hybridized carbons (Fsp3) is 0.692. The first-order valence-electron chi connectivity index (χ1n) is 6.59. The van der Waals surface area contributed by atoms with Gasteiger partial charge in [0.1, 0.15) is 17.5 Å². The summed E-state index contributed by atoms with van der Waals surface area (Å²) in [6, 6.07) is 0. The van der Waals surface area contributed by atoms with Gasteiger partial charge in [-0.3, -0.25) is 0 Å². The van der Waals surface area contributed by atoms with E-state index < -0.39 is 0 Å². The molecule has 18 heavy (non-hydrogen) atoms. The van der Waals surface area contributed by atoms with Crippen molar-refractivity contribution in [1.29, 1.82) is 0 Å². The van der Waals surface area contributed by atoms with Crippen molar-refractivity contribution in [3.63, 3.8) is 0 Å². The highest BCUT2D eigenvalue weighted by atomic mass is 16.3. The van der Waals surface area contributed by atoms with Gasteiger partial charge in [-0.15, -0.1) is 0 Å². The van der Waals surface area contributed by atoms with E-state index in [4.69, 9.17) is 0 Å². The molecule has 0 aliphatic heterocycles. The molecule has 3 N–H and O–H groups in total. The Bertz CT molecular complexity index is 381. The number of aliphatic hydroxyl groups is 1. The zero-order valence-electron chi connectivity index (χ0n) is 11.7. The molecule has 0 spiro atoms. The largest absolute Gasteiger partial charge is 0.391 e. The molecule has 0 amide bonds. The van der Waals surface area contributed by atoms with Crippen molar-refractivity contribution in [3.05, 3.63) is 11.4 Å². The van der Waals surface area contributed by atoms with Crippen LogP contribution in [0.1, 0.15) is 38.1 Å². The first kappa shape index (κ1) is 14.7. The fourth-order valence-corrected chi connectivity index (χ4v) is 1.79. The minimum atomic E-state index is -0.326. The van der Waals surface area contributed by atoms with Gasteiger partial charge in [-0.1, -0.05) is 20.3 Å². The van der Waals surface area contributed by atoms with Crippen molar-refractivity contribution in [1.82, 2.24) is 9.97 Å². The lowest BCUT2D eigenvalue weighted by Gasteiger charge is -2.15. The quantitative estimate of drug-likeness (QED) is 0.692. The molecule has 102 valence electrons. The van der Waals surface area contributed by atoms with Crippen molar-refractivity contribution in [2.75, 3.05) is 24.2 Å². The Morgan fingerprint density at radius 2 is 1.89 bits per heavy atom. The fourth-order valence-electron chi connectivity index (χ4n) is 1.79. The van der Waals surface area contributed by atoms with Gasteiger partial charge in [0.05, 0.1) is 6.10 Å². The van der Waals surface area contributed by atoms with Crippen LogP contribution in [-0.2, 0) is 6.42 Å². The monoisotopic (exact) mass is 252 g/mol. The summed E-state index contributed by atoms with van der Waals surface area (Å²) in [5.74, 6) is 2.45. The molecule has 5 nitrogen and oxygen atoms in total. The smallest absolute Gasteiger partial charge is 0.134 e. The molecule has 1 rings (SSSR count). The molecule has 0 saturated carbocycles. The summed E-state index contributed by atoms with van der Waals surface area (Å²) >= 11 is 0. The minimum Gasteiger partial charge on any atom is -0.391 e. The van der Waals surface area contributed by atoms with Gasteiger partial charge in [-0.05, 0) is 13.3 Å². The molecule has 5 heteroatoms. The van der Waals surface area contributed by atoms with Gasteiger partial charge < -0.3 is 15.7 Å². The summed E-state index contributed by atoms with van der Waals surface area (Å²) in [6.07, 6.45) is 2.25. The number of aromatic nitrogens is 2. The first-order chi connectivity index (χ1) is 8.62. The van der Waals surface area contributed by atoms with E-state index in [1.807, 2.05) is 20.9 Å². The van der Waals surface area contributed by atoms with Crippen LogP contribution < -0.4 is 10.6 Å². The predicted octanol–water partition coefficient (Wildman–Crippen LogP) is 1.96. The number of aliphatic hydroxyl groups excluding tert-OH is 1. The van der Waals surface area contributed by atoms with Gasteiger partial charge in [0, 0.05) is 25.6 Å². The summed E-state index contributed by atoms with van der Waals surface area (Å²) < 4.78 is 0. The van der Waals surface area contributed by atoms with Crippen molar-refractivity contribution in [2.24, 2.45) is 0 Å². The van der Waals surface area contributed by atoms with Crippen LogP contribution in [0.3, 0.4) is 0 Å². The van der Waals surface area contributed by atoms with E-state index >= 15 is 0 Å². The number of hydrogen-bond acceptors (Lipinski definition) is 5. The summed E-state index contributed by atoms with van der Waals surface area (Å²) in [4.78, 5) is 8.87. The van der Waals surface area contributed by atoms with Gasteiger partial charge in [0.2, 0.25) is 0 Å². The Morgan fingerprint density at radius 3 is 2.44 bits per heavy atom. The molecule has 0 radical (unpaired) electrons. The van der Waals surface area contributed by atoms with Crippen LogP contribution in [0.15, 0.2) is 0 Å². The Labute approximate surface area is 109 Å². The van der Waals surface area contributed by atoms with Crippen LogP contribution in [0.2, 0.25) is 0 Å². The zero-order chi connectivity index (χ0) is 13.5. The molecule has 0 aliphatic carbocycles. The zero-order valence-corrected chi connectivity index (χ0v) is 11.7. The van der Waals surface area contributed by atoms with E-state index in [1.165, 1.54) is 0 Å². The Kier molecular flexibility index (Phi) is 5.85. The van der Waals surface area contributed by atoms with Crippen molar-refractivity contribution < 1.29 is 5.11 Å². The van der Waals surface area contributed by atoms with Crippen LogP contribution >= 0.6 is 0 Å². The third-order valence-electron chi connectivity index (χ3n) is 2.87. The van der Waals surface area contributed by atoms with Gasteiger partial charge in [0.25, 0.3) is 0 Å². The third-order valence-corrected chi connectivity index (χ3v) is 2.87. The molecule has 1 unspecified atom stereocenters. The van der Waals surface area contributed by atoms with E-state index in [0.29, 0.717) is 6.54 Å². The topological polar surface area (TPSA) is 70.1 Å². The highest BCUT2D eigenvalue weighted by Gasteiger charge is 2.10. The molecule has 0 aliphatic rings. The molecular weight excluding hydrogens is 228 g/mol. The molecule has 0 bridgehead atoms. The van der Waals surface area contributed by atoms with Crippen molar-refractivity contribution >= 4 is 11.6 Å². The van der Waals surface area contributed by atoms with E-state index in [-0.39, 0.29) is 6.10 Å². The number of rotatable bonds is 7. The lowest BCUT2D eigenvalue weighted by atomic mass is 10.2. The average Bonchev–Trinajstić information content (AvgIpc) is 2.38. The standard InChI is InChI=1S/C13H24N4O/c1-5-7-10(18)8-15-13-9(3)12(14-4)16-11(6-2)17-13/h10,18H,5-8H2,1-4H3,(H2,14,15,16,17). The third kappa shape index (κ3) is 3.84. The van der Waals surface area contributed by atoms with Crippen LogP contribution in [0.25, 0.3) is 0 Å². The molecule has 0 fully saturated rings. The summed E-state index contributed by atoms with van der Waals surface area (Å²) in [5, 5.41) is 16.0. The lowest BCUT2D eigenvalue weighted by Crippen LogP contribution is -2.21. The molecule has 1 atom stereocenters. The lowest BCUT2D eigenvalue weighted by molar-refractivity contribution is 0.176. The summed E-state index contributed by atoms with van der Waals surface area (Å²) in [6.45, 7) is 6.59. The van der Waals surface area contributed by atoms with Gasteiger partial charge in [-0.25, -0.2) is 9.97 Å². The van der Waals surface area contributed by atoms with Crippen LogP contribution in [0, 0.1) is 6.92 Å². The number of hydrogen-bond donors (Lipinski definition) is 3. The van der Waals surface area contributed by atoms with Gasteiger partial charge >= 0.3 is 0 Å². The van der Waals surface area contributed by atoms with Gasteiger partial charge in [-0.2, -0.15) is 0 Å². The van der Waals surface area contributed by atoms with Gasteiger partial charge in [0.15, 0.2) is 0 Å². The second-order valence-electron chi connectivity index (χ2n) is 4.39. The normalized spacial score (nSPS) is 12.3. The Morgan fingerprint density at radius 1 is 1.22 bits per heavy atom. The summed E-state index contributed by atoms with van der Waals surface area (Å²) in [7, 11) is 1.85. The maximum absolute atomic E-state index is 9.73. The SMILES string of the molecule is CCCC(O)CNc1nc(CC)nc(NC)c1C. The van der Waals surface area contributed by atoms with Crippen LogP contribution in [0.4, 0.5) is 11.6 Å². The van der Waals surface area contributed by atoms with E-state index in [9.17, 15) is 5.11 Å². The van der Waals surface area contributed by atoms with Crippen LogP contribution in [-0.4, -0.2) is 34.8 Å². The van der Waals surface area contributed by atoms with E-state index in [1.54, 1.807) is 0 Å². The number of nitrogens with zero attached hydrogens (tertiary/aromatic N) is 2. The second kappa shape index (κ2) is 7.16. The molecule has 1 aromatic rings. The van der Waals surface area contributed by atoms with Crippen molar-refractivity contribution in [2.45, 2.75) is 46.1 Å². The highest BCUT2D eigenvalue weighted by molar-refractivity contribution is 5.57. The molecule has 1 heterocycles. The number of nitrogens with one attached hydrogen (secondary N) is 2. The van der Waals surface area contributed by atoms with Crippen LogP contribution in [0.5, 0.6) is 0 Å². The number of anilines is 2. The molecule has 1 aromatic heterocycles.